The molecule has 0 amide bonds. The third kappa shape index (κ3) is 5.16. The predicted octanol–water partition coefficient (Wildman–Crippen LogP) is 4.09. The Hall–Kier alpha value is -1.29. The Labute approximate surface area is 148 Å². The van der Waals surface area contributed by atoms with Crippen LogP contribution in [0.5, 0.6) is 0 Å². The van der Waals surface area contributed by atoms with Crippen LogP contribution in [0.3, 0.4) is 0 Å². The van der Waals surface area contributed by atoms with Crippen molar-refractivity contribution >= 4 is 47.0 Å². The zero-order valence-electron chi connectivity index (χ0n) is 12.1. The Bertz CT molecular complexity index is 658. The van der Waals surface area contributed by atoms with Gasteiger partial charge in [0.05, 0.1) is 17.9 Å². The van der Waals surface area contributed by atoms with Crippen LogP contribution >= 0.6 is 35.3 Å². The summed E-state index contributed by atoms with van der Waals surface area (Å²) in [7, 11) is 0. The van der Waals surface area contributed by atoms with Crippen molar-refractivity contribution < 1.29 is 8.78 Å². The van der Waals surface area contributed by atoms with E-state index in [2.05, 4.69) is 29.1 Å². The van der Waals surface area contributed by atoms with Crippen LogP contribution in [-0.2, 0) is 6.54 Å². The molecule has 1 aromatic carbocycles. The number of anilines is 1. The molecular formula is C14H17F2IN4S. The minimum atomic E-state index is -0.592. The molecule has 0 atom stereocenters. The first-order valence-electron chi connectivity index (χ1n) is 6.42. The fourth-order valence-corrected chi connectivity index (χ4v) is 2.47. The quantitative estimate of drug-likeness (QED) is 0.430. The fourth-order valence-electron chi connectivity index (χ4n) is 1.59. The van der Waals surface area contributed by atoms with Crippen LogP contribution < -0.4 is 11.1 Å². The molecule has 0 bridgehead atoms. The third-order valence-electron chi connectivity index (χ3n) is 2.74. The summed E-state index contributed by atoms with van der Waals surface area (Å²) >= 11 is 1.50. The number of aromatic nitrogens is 1. The number of guanidine groups is 1. The molecule has 0 saturated carbocycles. The first kappa shape index (κ1) is 18.8. The molecule has 8 heteroatoms. The van der Waals surface area contributed by atoms with E-state index < -0.39 is 11.6 Å². The molecule has 0 aliphatic rings. The lowest BCUT2D eigenvalue weighted by atomic mass is 10.2. The topological polar surface area (TPSA) is 63.3 Å². The molecule has 22 heavy (non-hydrogen) atoms. The maximum absolute atomic E-state index is 13.4. The number of halogens is 3. The van der Waals surface area contributed by atoms with Crippen molar-refractivity contribution in [3.63, 3.8) is 0 Å². The van der Waals surface area contributed by atoms with Crippen molar-refractivity contribution in [2.75, 3.05) is 5.32 Å². The second kappa shape index (κ2) is 8.37. The lowest BCUT2D eigenvalue weighted by Gasteiger charge is -2.06. The van der Waals surface area contributed by atoms with Crippen molar-refractivity contribution in [3.05, 3.63) is 45.9 Å². The van der Waals surface area contributed by atoms with Gasteiger partial charge in [0.15, 0.2) is 5.96 Å². The molecule has 1 heterocycles. The van der Waals surface area contributed by atoms with E-state index in [4.69, 9.17) is 5.73 Å². The monoisotopic (exact) mass is 438 g/mol. The van der Waals surface area contributed by atoms with Gasteiger partial charge >= 0.3 is 0 Å². The van der Waals surface area contributed by atoms with Crippen molar-refractivity contribution in [3.8, 4) is 0 Å². The highest BCUT2D eigenvalue weighted by Crippen LogP contribution is 2.18. The molecule has 4 nitrogen and oxygen atoms in total. The summed E-state index contributed by atoms with van der Waals surface area (Å²) in [4.78, 5) is 8.49. The second-order valence-corrected chi connectivity index (χ2v) is 5.71. The Kier molecular flexibility index (Phi) is 7.14. The Morgan fingerprint density at radius 1 is 1.41 bits per heavy atom. The summed E-state index contributed by atoms with van der Waals surface area (Å²) in [6.45, 7) is 4.42. The lowest BCUT2D eigenvalue weighted by Crippen LogP contribution is -2.23. The molecule has 0 radical (unpaired) electrons. The van der Waals surface area contributed by atoms with Gasteiger partial charge in [-0.3, -0.25) is 0 Å². The van der Waals surface area contributed by atoms with Crippen LogP contribution in [0, 0.1) is 11.6 Å². The highest BCUT2D eigenvalue weighted by atomic mass is 127. The Morgan fingerprint density at radius 2 is 2.14 bits per heavy atom. The number of aliphatic imine (C=N–C) groups is 1. The Morgan fingerprint density at radius 3 is 2.77 bits per heavy atom. The van der Waals surface area contributed by atoms with Crippen molar-refractivity contribution in [1.29, 1.82) is 0 Å². The van der Waals surface area contributed by atoms with Gasteiger partial charge in [-0.2, -0.15) is 0 Å². The average Bonchev–Trinajstić information content (AvgIpc) is 2.90. The number of hydrogen-bond donors (Lipinski definition) is 2. The summed E-state index contributed by atoms with van der Waals surface area (Å²) in [5.74, 6) is -0.768. The number of nitrogens with two attached hydrogens (primary N) is 1. The SMILES string of the molecule is CC(C)c1csc(CN=C(N)Nc2cc(F)ccc2F)n1.I. The average molecular weight is 438 g/mol. The Balaban J connectivity index is 0.00000242. The smallest absolute Gasteiger partial charge is 0.193 e. The largest absolute Gasteiger partial charge is 0.370 e. The number of nitrogens with zero attached hydrogens (tertiary/aromatic N) is 2. The minimum absolute atomic E-state index is 0. The first-order chi connectivity index (χ1) is 9.95. The molecule has 0 spiro atoms. The van der Waals surface area contributed by atoms with Crippen molar-refractivity contribution in [1.82, 2.24) is 4.98 Å². The van der Waals surface area contributed by atoms with Crippen molar-refractivity contribution in [2.24, 2.45) is 10.7 Å². The van der Waals surface area contributed by atoms with E-state index in [1.54, 1.807) is 0 Å². The summed E-state index contributed by atoms with van der Waals surface area (Å²) in [5, 5.41) is 5.34. The van der Waals surface area contributed by atoms with Gasteiger partial charge in [0, 0.05) is 11.4 Å². The van der Waals surface area contributed by atoms with Crippen LogP contribution in [0.1, 0.15) is 30.5 Å². The second-order valence-electron chi connectivity index (χ2n) is 4.77. The number of benzene rings is 1. The molecule has 0 saturated heterocycles. The summed E-state index contributed by atoms with van der Waals surface area (Å²) in [6.07, 6.45) is 0. The molecule has 0 unspecified atom stereocenters. The lowest BCUT2D eigenvalue weighted by molar-refractivity contribution is 0.604. The number of rotatable bonds is 4. The third-order valence-corrected chi connectivity index (χ3v) is 3.59. The zero-order chi connectivity index (χ0) is 15.4. The van der Waals surface area contributed by atoms with Gasteiger partial charge < -0.3 is 11.1 Å². The van der Waals surface area contributed by atoms with E-state index in [1.807, 2.05) is 5.38 Å². The van der Waals surface area contributed by atoms with E-state index in [1.165, 1.54) is 11.3 Å². The van der Waals surface area contributed by atoms with Gasteiger partial charge in [-0.25, -0.2) is 18.8 Å². The van der Waals surface area contributed by atoms with Gasteiger partial charge in [0.1, 0.15) is 16.6 Å². The summed E-state index contributed by atoms with van der Waals surface area (Å²) < 4.78 is 26.5. The molecule has 0 aliphatic carbocycles. The van der Waals surface area contributed by atoms with Gasteiger partial charge in [-0.1, -0.05) is 13.8 Å². The molecule has 1 aromatic heterocycles. The zero-order valence-corrected chi connectivity index (χ0v) is 15.3. The van der Waals surface area contributed by atoms with Crippen LogP contribution in [0.15, 0.2) is 28.6 Å². The van der Waals surface area contributed by atoms with E-state index in [0.29, 0.717) is 12.5 Å². The van der Waals surface area contributed by atoms with Gasteiger partial charge in [0.25, 0.3) is 0 Å². The minimum Gasteiger partial charge on any atom is -0.370 e. The number of hydrogen-bond acceptors (Lipinski definition) is 3. The van der Waals surface area contributed by atoms with Gasteiger partial charge in [-0.05, 0) is 18.1 Å². The molecule has 120 valence electrons. The number of nitrogens with one attached hydrogen (secondary N) is 1. The van der Waals surface area contributed by atoms with Crippen LogP contribution in [-0.4, -0.2) is 10.9 Å². The molecule has 3 N–H and O–H groups in total. The molecular weight excluding hydrogens is 421 g/mol. The normalized spacial score (nSPS) is 11.4. The summed E-state index contributed by atoms with van der Waals surface area (Å²) in [5.41, 5.74) is 6.63. The predicted molar refractivity (Wildman–Crippen MR) is 96.9 cm³/mol. The molecule has 0 aliphatic heterocycles. The van der Waals surface area contributed by atoms with E-state index in [-0.39, 0.29) is 35.6 Å². The van der Waals surface area contributed by atoms with E-state index in [9.17, 15) is 8.78 Å². The molecule has 2 rings (SSSR count). The van der Waals surface area contributed by atoms with Crippen LogP contribution in [0.25, 0.3) is 0 Å². The van der Waals surface area contributed by atoms with Gasteiger partial charge in [-0.15, -0.1) is 35.3 Å². The first-order valence-corrected chi connectivity index (χ1v) is 7.30. The molecule has 2 aromatic rings. The van der Waals surface area contributed by atoms with Crippen LogP contribution in [0.4, 0.5) is 14.5 Å². The van der Waals surface area contributed by atoms with Crippen LogP contribution in [0.2, 0.25) is 0 Å². The molecule has 0 fully saturated rings. The highest BCUT2D eigenvalue weighted by Gasteiger charge is 2.07. The maximum Gasteiger partial charge on any atom is 0.193 e. The number of thiazole rings is 1. The van der Waals surface area contributed by atoms with Gasteiger partial charge in [0.2, 0.25) is 0 Å². The highest BCUT2D eigenvalue weighted by molar-refractivity contribution is 14.0. The standard InChI is InChI=1S/C14H16F2N4S.HI/c1-8(2)12-7-21-13(19-12)6-18-14(17)20-11-5-9(15)3-4-10(11)16;/h3-5,7-8H,6H2,1-2H3,(H3,17,18,20);1H. The van der Waals surface area contributed by atoms with E-state index in [0.717, 1.165) is 28.9 Å². The fraction of sp³-hybridized carbons (Fsp3) is 0.286. The van der Waals surface area contributed by atoms with E-state index >= 15 is 0 Å². The van der Waals surface area contributed by atoms with Crippen molar-refractivity contribution in [2.45, 2.75) is 26.3 Å². The summed E-state index contributed by atoms with van der Waals surface area (Å²) in [6, 6.07) is 3.09. The maximum atomic E-state index is 13.4.